The van der Waals surface area contributed by atoms with Gasteiger partial charge in [-0.15, -0.1) is 11.6 Å². The van der Waals surface area contributed by atoms with Crippen LogP contribution in [0.15, 0.2) is 24.3 Å². The molecule has 0 aliphatic heterocycles. The van der Waals surface area contributed by atoms with Gasteiger partial charge in [0.2, 0.25) is 10.0 Å². The summed E-state index contributed by atoms with van der Waals surface area (Å²) in [6.45, 7) is 1.74. The summed E-state index contributed by atoms with van der Waals surface area (Å²) in [7, 11) is -1.83. The van der Waals surface area contributed by atoms with Gasteiger partial charge in [-0.3, -0.25) is 0 Å². The highest BCUT2D eigenvalue weighted by Crippen LogP contribution is 2.28. The molecule has 0 fully saturated rings. The molecule has 0 radical (unpaired) electrons. The summed E-state index contributed by atoms with van der Waals surface area (Å²) >= 11 is 5.51. The molecule has 1 unspecified atom stereocenters. The Labute approximate surface area is 113 Å². The molecule has 1 N–H and O–H groups in total. The second kappa shape index (κ2) is 6.41. The zero-order valence-corrected chi connectivity index (χ0v) is 12.1. The van der Waals surface area contributed by atoms with Crippen molar-refractivity contribution in [3.63, 3.8) is 0 Å². The average Bonchev–Trinajstić information content (AvgIpc) is 2.35. The van der Waals surface area contributed by atoms with Crippen LogP contribution < -0.4 is 0 Å². The van der Waals surface area contributed by atoms with Crippen LogP contribution in [0.2, 0.25) is 0 Å². The van der Waals surface area contributed by atoms with Crippen LogP contribution in [-0.4, -0.2) is 36.5 Å². The summed E-state index contributed by atoms with van der Waals surface area (Å²) in [5.74, 6) is 0.438. The Bertz CT molecular complexity index is 490. The monoisotopic (exact) mass is 291 g/mol. The van der Waals surface area contributed by atoms with Crippen molar-refractivity contribution in [1.29, 1.82) is 0 Å². The number of alkyl halides is 1. The number of benzene rings is 1. The predicted octanol–water partition coefficient (Wildman–Crippen LogP) is 2.34. The fraction of sp³-hybridized carbons (Fsp3) is 0.500. The number of rotatable bonds is 6. The fourth-order valence-electron chi connectivity index (χ4n) is 1.66. The number of phenols is 1. The molecule has 1 aromatic rings. The molecular weight excluding hydrogens is 274 g/mol. The van der Waals surface area contributed by atoms with Crippen molar-refractivity contribution in [2.75, 3.05) is 18.7 Å². The Balaban J connectivity index is 2.91. The maximum Gasteiger partial charge on any atom is 0.214 e. The van der Waals surface area contributed by atoms with E-state index in [4.69, 9.17) is 11.6 Å². The van der Waals surface area contributed by atoms with E-state index in [1.54, 1.807) is 31.2 Å². The molecule has 0 spiro atoms. The second-order valence-corrected chi connectivity index (χ2v) is 6.64. The number of para-hydroxylation sites is 1. The van der Waals surface area contributed by atoms with Crippen LogP contribution in [0.4, 0.5) is 0 Å². The standard InChI is InChI=1S/C12H18ClNO3S/c1-10(11-6-3-4-7-12(11)15)14(2)18(16,17)9-5-8-13/h3-4,6-7,10,15H,5,8-9H2,1-2H3. The Kier molecular flexibility index (Phi) is 5.44. The lowest BCUT2D eigenvalue weighted by atomic mass is 10.1. The van der Waals surface area contributed by atoms with E-state index in [0.29, 0.717) is 17.9 Å². The summed E-state index contributed by atoms with van der Waals surface area (Å²) in [5, 5.41) is 9.73. The lowest BCUT2D eigenvalue weighted by molar-refractivity contribution is 0.381. The van der Waals surface area contributed by atoms with Crippen LogP contribution in [-0.2, 0) is 10.0 Å². The molecule has 18 heavy (non-hydrogen) atoms. The van der Waals surface area contributed by atoms with E-state index in [1.807, 2.05) is 0 Å². The highest BCUT2D eigenvalue weighted by Gasteiger charge is 2.25. The molecule has 0 saturated carbocycles. The number of halogens is 1. The molecule has 4 nitrogen and oxygen atoms in total. The first-order chi connectivity index (χ1) is 8.40. The molecule has 6 heteroatoms. The number of phenolic OH excluding ortho intramolecular Hbond substituents is 1. The molecule has 1 aromatic carbocycles. The van der Waals surface area contributed by atoms with Crippen molar-refractivity contribution in [1.82, 2.24) is 4.31 Å². The van der Waals surface area contributed by atoms with Crippen LogP contribution in [0, 0.1) is 0 Å². The van der Waals surface area contributed by atoms with Crippen LogP contribution >= 0.6 is 11.6 Å². The zero-order chi connectivity index (χ0) is 13.8. The molecule has 0 amide bonds. The topological polar surface area (TPSA) is 57.6 Å². The molecule has 0 heterocycles. The Morgan fingerprint density at radius 3 is 2.56 bits per heavy atom. The number of hydrogen-bond acceptors (Lipinski definition) is 3. The van der Waals surface area contributed by atoms with Gasteiger partial charge in [0.1, 0.15) is 5.75 Å². The Morgan fingerprint density at radius 2 is 2.00 bits per heavy atom. The molecule has 1 atom stereocenters. The van der Waals surface area contributed by atoms with E-state index in [-0.39, 0.29) is 11.5 Å². The van der Waals surface area contributed by atoms with Gasteiger partial charge < -0.3 is 5.11 Å². The predicted molar refractivity (Wildman–Crippen MR) is 73.4 cm³/mol. The zero-order valence-electron chi connectivity index (χ0n) is 10.5. The largest absolute Gasteiger partial charge is 0.508 e. The molecular formula is C12H18ClNO3S. The molecule has 0 bridgehead atoms. The number of sulfonamides is 1. The van der Waals surface area contributed by atoms with Crippen molar-refractivity contribution in [3.05, 3.63) is 29.8 Å². The lowest BCUT2D eigenvalue weighted by Crippen LogP contribution is -2.32. The van der Waals surface area contributed by atoms with Gasteiger partial charge in [-0.1, -0.05) is 18.2 Å². The number of hydrogen-bond donors (Lipinski definition) is 1. The lowest BCUT2D eigenvalue weighted by Gasteiger charge is -2.25. The van der Waals surface area contributed by atoms with Gasteiger partial charge in [0.25, 0.3) is 0 Å². The quantitative estimate of drug-likeness (QED) is 0.819. The van der Waals surface area contributed by atoms with E-state index < -0.39 is 16.1 Å². The van der Waals surface area contributed by atoms with Gasteiger partial charge in [0.05, 0.1) is 11.8 Å². The van der Waals surface area contributed by atoms with Gasteiger partial charge in [-0.05, 0) is 19.4 Å². The van der Waals surface area contributed by atoms with Crippen LogP contribution in [0.3, 0.4) is 0 Å². The number of nitrogens with zero attached hydrogens (tertiary/aromatic N) is 1. The minimum Gasteiger partial charge on any atom is -0.508 e. The Morgan fingerprint density at radius 1 is 1.39 bits per heavy atom. The first-order valence-corrected chi connectivity index (χ1v) is 7.84. The summed E-state index contributed by atoms with van der Waals surface area (Å²) in [4.78, 5) is 0. The van der Waals surface area contributed by atoms with Gasteiger partial charge in [0.15, 0.2) is 0 Å². The smallest absolute Gasteiger partial charge is 0.214 e. The van der Waals surface area contributed by atoms with E-state index in [0.717, 1.165) is 0 Å². The summed E-state index contributed by atoms with van der Waals surface area (Å²) in [5.41, 5.74) is 0.592. The minimum absolute atomic E-state index is 0.0188. The molecule has 1 rings (SSSR count). The third-order valence-electron chi connectivity index (χ3n) is 2.91. The first kappa shape index (κ1) is 15.3. The van der Waals surface area contributed by atoms with E-state index >= 15 is 0 Å². The third kappa shape index (κ3) is 3.60. The normalized spacial score (nSPS) is 13.8. The maximum atomic E-state index is 12.0. The highest BCUT2D eigenvalue weighted by molar-refractivity contribution is 7.89. The summed E-state index contributed by atoms with van der Waals surface area (Å²) in [6.07, 6.45) is 0.418. The van der Waals surface area contributed by atoms with Gasteiger partial charge in [0, 0.05) is 18.5 Å². The van der Waals surface area contributed by atoms with Crippen molar-refractivity contribution in [3.8, 4) is 5.75 Å². The van der Waals surface area contributed by atoms with E-state index in [9.17, 15) is 13.5 Å². The second-order valence-electron chi connectivity index (χ2n) is 4.11. The van der Waals surface area contributed by atoms with Gasteiger partial charge in [-0.25, -0.2) is 8.42 Å². The number of aromatic hydroxyl groups is 1. The SMILES string of the molecule is CC(c1ccccc1O)N(C)S(=O)(=O)CCCCl. The first-order valence-electron chi connectivity index (χ1n) is 5.69. The fourth-order valence-corrected chi connectivity index (χ4v) is 3.34. The summed E-state index contributed by atoms with van der Waals surface area (Å²) in [6, 6.07) is 6.32. The van der Waals surface area contributed by atoms with E-state index in [2.05, 4.69) is 0 Å². The van der Waals surface area contributed by atoms with Gasteiger partial charge in [-0.2, -0.15) is 4.31 Å². The van der Waals surface area contributed by atoms with Crippen LogP contribution in [0.1, 0.15) is 24.9 Å². The van der Waals surface area contributed by atoms with E-state index in [1.165, 1.54) is 11.4 Å². The van der Waals surface area contributed by atoms with Crippen molar-refractivity contribution < 1.29 is 13.5 Å². The summed E-state index contributed by atoms with van der Waals surface area (Å²) < 4.78 is 25.3. The highest BCUT2D eigenvalue weighted by atomic mass is 35.5. The van der Waals surface area contributed by atoms with Crippen molar-refractivity contribution >= 4 is 21.6 Å². The molecule has 0 saturated heterocycles. The van der Waals surface area contributed by atoms with Crippen molar-refractivity contribution in [2.24, 2.45) is 0 Å². The van der Waals surface area contributed by atoms with Crippen molar-refractivity contribution in [2.45, 2.75) is 19.4 Å². The molecule has 102 valence electrons. The average molecular weight is 292 g/mol. The Hall–Kier alpha value is -0.780. The minimum atomic E-state index is -3.35. The molecule has 0 aliphatic carbocycles. The van der Waals surface area contributed by atoms with Gasteiger partial charge >= 0.3 is 0 Å². The van der Waals surface area contributed by atoms with Crippen LogP contribution in [0.5, 0.6) is 5.75 Å². The third-order valence-corrected chi connectivity index (χ3v) is 5.17. The molecule has 0 aliphatic rings. The molecule has 0 aromatic heterocycles. The maximum absolute atomic E-state index is 12.0. The van der Waals surface area contributed by atoms with Crippen LogP contribution in [0.25, 0.3) is 0 Å².